The summed E-state index contributed by atoms with van der Waals surface area (Å²) in [6.07, 6.45) is 0. The number of methoxy groups -OCH3 is 1. The number of amides is 1. The van der Waals surface area contributed by atoms with Crippen molar-refractivity contribution in [2.75, 3.05) is 20.7 Å². The molecule has 1 N–H and O–H groups in total. The molecule has 1 rings (SSSR count). The third-order valence-corrected chi connectivity index (χ3v) is 4.70. The first-order valence-electron chi connectivity index (χ1n) is 6.73. The number of benzene rings is 1. The van der Waals surface area contributed by atoms with Crippen molar-refractivity contribution in [3.8, 4) is 0 Å². The summed E-state index contributed by atoms with van der Waals surface area (Å²) in [4.78, 5) is 22.8. The minimum Gasteiger partial charge on any atom is -0.465 e. The number of carbonyl (C=O) groups excluding carboxylic acids is 2. The number of nitrogens with zero attached hydrogens (tertiary/aromatic N) is 1. The second kappa shape index (κ2) is 7.51. The molecule has 0 aliphatic rings. The molecule has 7 nitrogen and oxygen atoms in total. The fourth-order valence-corrected chi connectivity index (χ4v) is 3.12. The molecule has 9 heteroatoms. The molecule has 128 valence electrons. The monoisotopic (exact) mass is 346 g/mol. The topological polar surface area (TPSA) is 92.8 Å². The molecule has 0 saturated heterocycles. The van der Waals surface area contributed by atoms with E-state index < -0.39 is 39.2 Å². The lowest BCUT2D eigenvalue weighted by Crippen LogP contribution is -2.41. The van der Waals surface area contributed by atoms with Crippen LogP contribution < -0.4 is 5.32 Å². The van der Waals surface area contributed by atoms with Crippen LogP contribution in [0.3, 0.4) is 0 Å². The molecule has 0 fully saturated rings. The van der Waals surface area contributed by atoms with Crippen molar-refractivity contribution in [1.82, 2.24) is 9.62 Å². The standard InChI is InChI=1S/C14H19FN2O5S/c1-9(2)16-13(18)8-17(3)23(20,21)12-7-10(15)5-6-11(12)14(19)22-4/h5-7,9H,8H2,1-4H3,(H,16,18). The Kier molecular flexibility index (Phi) is 6.22. The van der Waals surface area contributed by atoms with Crippen LogP contribution in [0.15, 0.2) is 23.1 Å². The van der Waals surface area contributed by atoms with Gasteiger partial charge in [-0.3, -0.25) is 4.79 Å². The maximum Gasteiger partial charge on any atom is 0.339 e. The van der Waals surface area contributed by atoms with Gasteiger partial charge in [0.05, 0.1) is 24.1 Å². The predicted octanol–water partition coefficient (Wildman–Crippen LogP) is 0.757. The molecule has 1 aromatic rings. The van der Waals surface area contributed by atoms with Gasteiger partial charge in [-0.2, -0.15) is 4.31 Å². The number of halogens is 1. The number of carbonyl (C=O) groups is 2. The van der Waals surface area contributed by atoms with E-state index in [0.717, 1.165) is 29.6 Å². The summed E-state index contributed by atoms with van der Waals surface area (Å²) in [7, 11) is -1.99. The number of nitrogens with one attached hydrogen (secondary N) is 1. The summed E-state index contributed by atoms with van der Waals surface area (Å²) >= 11 is 0. The van der Waals surface area contributed by atoms with Crippen LogP contribution in [0.5, 0.6) is 0 Å². The van der Waals surface area contributed by atoms with Gasteiger partial charge in [0.15, 0.2) is 0 Å². The van der Waals surface area contributed by atoms with E-state index in [0.29, 0.717) is 0 Å². The Labute approximate surface area is 134 Å². The molecule has 0 aliphatic heterocycles. The fraction of sp³-hybridized carbons (Fsp3) is 0.429. The summed E-state index contributed by atoms with van der Waals surface area (Å²) in [5.74, 6) is -2.25. The minimum absolute atomic E-state index is 0.154. The summed E-state index contributed by atoms with van der Waals surface area (Å²) in [5, 5.41) is 2.55. The Morgan fingerprint density at radius 1 is 1.35 bits per heavy atom. The number of sulfonamides is 1. The van der Waals surface area contributed by atoms with Crippen molar-refractivity contribution in [2.45, 2.75) is 24.8 Å². The summed E-state index contributed by atoms with van der Waals surface area (Å²) < 4.78 is 43.7. The minimum atomic E-state index is -4.25. The normalized spacial score (nSPS) is 11.6. The van der Waals surface area contributed by atoms with Crippen LogP contribution in [0.2, 0.25) is 0 Å². The van der Waals surface area contributed by atoms with Crippen LogP contribution in [0.4, 0.5) is 4.39 Å². The third kappa shape index (κ3) is 4.73. The lowest BCUT2D eigenvalue weighted by Gasteiger charge is -2.19. The molecular formula is C14H19FN2O5S. The Balaban J connectivity index is 3.19. The lowest BCUT2D eigenvalue weighted by molar-refractivity contribution is -0.121. The van der Waals surface area contributed by atoms with Crippen LogP contribution in [0, 0.1) is 5.82 Å². The number of hydrogen-bond donors (Lipinski definition) is 1. The molecule has 1 aromatic carbocycles. The highest BCUT2D eigenvalue weighted by molar-refractivity contribution is 7.89. The summed E-state index contributed by atoms with van der Waals surface area (Å²) in [5.41, 5.74) is -0.301. The van der Waals surface area contributed by atoms with E-state index in [-0.39, 0.29) is 11.6 Å². The smallest absolute Gasteiger partial charge is 0.339 e. The number of hydrogen-bond acceptors (Lipinski definition) is 5. The van der Waals surface area contributed by atoms with E-state index in [1.165, 1.54) is 7.05 Å². The third-order valence-electron chi connectivity index (χ3n) is 2.85. The Bertz CT molecular complexity index is 703. The molecule has 0 aromatic heterocycles. The first kappa shape index (κ1) is 19.0. The molecule has 0 radical (unpaired) electrons. The quantitative estimate of drug-likeness (QED) is 0.768. The van der Waals surface area contributed by atoms with Crippen molar-refractivity contribution >= 4 is 21.9 Å². The number of ether oxygens (including phenoxy) is 1. The van der Waals surface area contributed by atoms with Gasteiger partial charge in [0.25, 0.3) is 0 Å². The van der Waals surface area contributed by atoms with Gasteiger partial charge >= 0.3 is 5.97 Å². The molecular weight excluding hydrogens is 327 g/mol. The average molecular weight is 346 g/mol. The van der Waals surface area contributed by atoms with E-state index in [2.05, 4.69) is 10.1 Å². The summed E-state index contributed by atoms with van der Waals surface area (Å²) in [6.45, 7) is 3.00. The molecule has 0 aliphatic carbocycles. The van der Waals surface area contributed by atoms with Gasteiger partial charge in [-0.15, -0.1) is 0 Å². The van der Waals surface area contributed by atoms with E-state index in [4.69, 9.17) is 0 Å². The van der Waals surface area contributed by atoms with E-state index >= 15 is 0 Å². The molecule has 0 heterocycles. The van der Waals surface area contributed by atoms with Gasteiger partial charge in [0, 0.05) is 13.1 Å². The Hall–Kier alpha value is -2.00. The highest BCUT2D eigenvalue weighted by Gasteiger charge is 2.29. The average Bonchev–Trinajstić information content (AvgIpc) is 2.45. The zero-order valence-corrected chi connectivity index (χ0v) is 14.1. The van der Waals surface area contributed by atoms with Crippen LogP contribution in [0.25, 0.3) is 0 Å². The van der Waals surface area contributed by atoms with Gasteiger partial charge < -0.3 is 10.1 Å². The van der Waals surface area contributed by atoms with Crippen molar-refractivity contribution in [3.05, 3.63) is 29.6 Å². The van der Waals surface area contributed by atoms with Gasteiger partial charge in [-0.25, -0.2) is 17.6 Å². The number of esters is 1. The van der Waals surface area contributed by atoms with Crippen LogP contribution in [-0.4, -0.2) is 51.3 Å². The highest BCUT2D eigenvalue weighted by atomic mass is 32.2. The van der Waals surface area contributed by atoms with Gasteiger partial charge in [0.2, 0.25) is 15.9 Å². The Morgan fingerprint density at radius 3 is 2.48 bits per heavy atom. The zero-order valence-electron chi connectivity index (χ0n) is 13.3. The van der Waals surface area contributed by atoms with Crippen LogP contribution in [-0.2, 0) is 19.6 Å². The molecule has 0 saturated carbocycles. The van der Waals surface area contributed by atoms with Gasteiger partial charge in [-0.1, -0.05) is 0 Å². The van der Waals surface area contributed by atoms with Crippen molar-refractivity contribution < 1.29 is 27.1 Å². The largest absolute Gasteiger partial charge is 0.465 e. The summed E-state index contributed by atoms with van der Waals surface area (Å²) in [6, 6.07) is 2.55. The molecule has 0 bridgehead atoms. The van der Waals surface area contributed by atoms with Crippen LogP contribution in [0.1, 0.15) is 24.2 Å². The second-order valence-electron chi connectivity index (χ2n) is 5.12. The maximum atomic E-state index is 13.4. The van der Waals surface area contributed by atoms with Gasteiger partial charge in [-0.05, 0) is 32.0 Å². The second-order valence-corrected chi connectivity index (χ2v) is 7.13. The van der Waals surface area contributed by atoms with Crippen LogP contribution >= 0.6 is 0 Å². The highest BCUT2D eigenvalue weighted by Crippen LogP contribution is 2.21. The van der Waals surface area contributed by atoms with Crippen molar-refractivity contribution in [3.63, 3.8) is 0 Å². The first-order valence-corrected chi connectivity index (χ1v) is 8.17. The van der Waals surface area contributed by atoms with Crippen molar-refractivity contribution in [1.29, 1.82) is 0 Å². The van der Waals surface area contributed by atoms with Crippen molar-refractivity contribution in [2.24, 2.45) is 0 Å². The van der Waals surface area contributed by atoms with E-state index in [1.807, 2.05) is 0 Å². The van der Waals surface area contributed by atoms with Gasteiger partial charge in [0.1, 0.15) is 5.82 Å². The fourth-order valence-electron chi connectivity index (χ4n) is 1.81. The maximum absolute atomic E-state index is 13.4. The van der Waals surface area contributed by atoms with E-state index in [1.54, 1.807) is 13.8 Å². The lowest BCUT2D eigenvalue weighted by atomic mass is 10.2. The van der Waals surface area contributed by atoms with E-state index in [9.17, 15) is 22.4 Å². The SMILES string of the molecule is COC(=O)c1ccc(F)cc1S(=O)(=O)N(C)CC(=O)NC(C)C. The first-order chi connectivity index (χ1) is 10.6. The predicted molar refractivity (Wildman–Crippen MR) is 80.8 cm³/mol. The molecule has 0 atom stereocenters. The molecule has 1 amide bonds. The number of rotatable bonds is 6. The molecule has 0 spiro atoms. The Morgan fingerprint density at radius 2 is 1.96 bits per heavy atom. The zero-order chi connectivity index (χ0) is 17.8. The molecule has 0 unspecified atom stereocenters. The molecule has 23 heavy (non-hydrogen) atoms. The number of likely N-dealkylation sites (N-methyl/N-ethyl adjacent to an activating group) is 1.